The van der Waals surface area contributed by atoms with Crippen molar-refractivity contribution in [3.63, 3.8) is 0 Å². The van der Waals surface area contributed by atoms with E-state index in [1.807, 2.05) is 6.07 Å². The van der Waals surface area contributed by atoms with Crippen molar-refractivity contribution in [2.75, 3.05) is 18.0 Å². The molecule has 1 saturated heterocycles. The van der Waals surface area contributed by atoms with Crippen molar-refractivity contribution in [2.45, 2.75) is 6.04 Å². The van der Waals surface area contributed by atoms with Crippen LogP contribution < -0.4 is 10.6 Å². The summed E-state index contributed by atoms with van der Waals surface area (Å²) < 4.78 is 0. The minimum Gasteiger partial charge on any atom is -0.355 e. The Hall–Kier alpha value is -1.60. The molecule has 0 bridgehead atoms. The average Bonchev–Trinajstić information content (AvgIpc) is 2.73. The number of fused-ring (bicyclic) bond motifs is 1. The van der Waals surface area contributed by atoms with Gasteiger partial charge >= 0.3 is 0 Å². The van der Waals surface area contributed by atoms with Gasteiger partial charge in [0.25, 0.3) is 0 Å². The standard InChI is InChI=1S/C11H12N4/c12-4-7-2-1-3-14-11(7)15-5-8-9(6-15)10(8)13/h1-3,8-10H,5-6,13H2. The van der Waals surface area contributed by atoms with Gasteiger partial charge in [0, 0.05) is 25.3 Å². The second-order valence-electron chi connectivity index (χ2n) is 4.30. The zero-order valence-corrected chi connectivity index (χ0v) is 8.30. The molecule has 1 aliphatic heterocycles. The van der Waals surface area contributed by atoms with Crippen LogP contribution in [0.2, 0.25) is 0 Å². The van der Waals surface area contributed by atoms with Gasteiger partial charge in [0.15, 0.2) is 0 Å². The van der Waals surface area contributed by atoms with E-state index in [4.69, 9.17) is 11.0 Å². The normalized spacial score (nSPS) is 32.3. The first kappa shape index (κ1) is 8.69. The number of nitrogens with two attached hydrogens (primary N) is 1. The van der Waals surface area contributed by atoms with Gasteiger partial charge in [-0.05, 0) is 24.0 Å². The molecular formula is C11H12N4. The highest BCUT2D eigenvalue weighted by Gasteiger charge is 2.54. The van der Waals surface area contributed by atoms with Gasteiger partial charge in [-0.3, -0.25) is 0 Å². The number of nitriles is 1. The molecule has 2 fully saturated rings. The van der Waals surface area contributed by atoms with Crippen molar-refractivity contribution >= 4 is 5.82 Å². The molecule has 2 atom stereocenters. The molecule has 2 heterocycles. The third kappa shape index (κ3) is 1.20. The van der Waals surface area contributed by atoms with Crippen LogP contribution in [0.1, 0.15) is 5.56 Å². The summed E-state index contributed by atoms with van der Waals surface area (Å²) in [6.45, 7) is 1.91. The molecule has 0 radical (unpaired) electrons. The fourth-order valence-electron chi connectivity index (χ4n) is 2.48. The molecule has 2 aliphatic rings. The molecule has 1 aromatic rings. The lowest BCUT2D eigenvalue weighted by atomic mass is 10.2. The maximum Gasteiger partial charge on any atom is 0.146 e. The lowest BCUT2D eigenvalue weighted by Gasteiger charge is -2.20. The van der Waals surface area contributed by atoms with Gasteiger partial charge in [0.05, 0.1) is 5.56 Å². The summed E-state index contributed by atoms with van der Waals surface area (Å²) in [5, 5.41) is 8.97. The highest BCUT2D eigenvalue weighted by molar-refractivity contribution is 5.55. The molecule has 0 aromatic carbocycles. The number of anilines is 1. The Morgan fingerprint density at radius 2 is 2.20 bits per heavy atom. The minimum atomic E-state index is 0.385. The van der Waals surface area contributed by atoms with E-state index >= 15 is 0 Å². The summed E-state index contributed by atoms with van der Waals surface area (Å²) in [5.41, 5.74) is 6.53. The molecule has 2 N–H and O–H groups in total. The second-order valence-corrected chi connectivity index (χ2v) is 4.30. The van der Waals surface area contributed by atoms with E-state index in [0.717, 1.165) is 18.9 Å². The van der Waals surface area contributed by atoms with Gasteiger partial charge in [0.2, 0.25) is 0 Å². The molecule has 0 spiro atoms. The van der Waals surface area contributed by atoms with Crippen molar-refractivity contribution in [2.24, 2.45) is 17.6 Å². The SMILES string of the molecule is N#Cc1cccnc1N1CC2C(N)C2C1. The number of pyridine rings is 1. The Kier molecular flexibility index (Phi) is 1.70. The first-order valence-corrected chi connectivity index (χ1v) is 5.17. The maximum absolute atomic E-state index is 8.97. The van der Waals surface area contributed by atoms with Crippen molar-refractivity contribution in [1.82, 2.24) is 4.98 Å². The molecular weight excluding hydrogens is 188 g/mol. The number of hydrogen-bond acceptors (Lipinski definition) is 4. The largest absolute Gasteiger partial charge is 0.355 e. The smallest absolute Gasteiger partial charge is 0.146 e. The molecule has 1 aromatic heterocycles. The Bertz CT molecular complexity index is 424. The van der Waals surface area contributed by atoms with Crippen molar-refractivity contribution in [3.05, 3.63) is 23.9 Å². The van der Waals surface area contributed by atoms with Gasteiger partial charge in [-0.1, -0.05) is 0 Å². The van der Waals surface area contributed by atoms with Crippen LogP contribution in [0.5, 0.6) is 0 Å². The maximum atomic E-state index is 8.97. The van der Waals surface area contributed by atoms with Gasteiger partial charge < -0.3 is 10.6 Å². The van der Waals surface area contributed by atoms with Crippen molar-refractivity contribution in [3.8, 4) is 6.07 Å². The lowest BCUT2D eigenvalue weighted by Crippen LogP contribution is -2.29. The Morgan fingerprint density at radius 3 is 2.87 bits per heavy atom. The quantitative estimate of drug-likeness (QED) is 0.710. The zero-order chi connectivity index (χ0) is 10.4. The van der Waals surface area contributed by atoms with Crippen LogP contribution in [0.25, 0.3) is 0 Å². The monoisotopic (exact) mass is 200 g/mol. The minimum absolute atomic E-state index is 0.385. The van der Waals surface area contributed by atoms with Crippen LogP contribution in [0.3, 0.4) is 0 Å². The molecule has 2 unspecified atom stereocenters. The summed E-state index contributed by atoms with van der Waals surface area (Å²) >= 11 is 0. The molecule has 0 amide bonds. The Labute approximate surface area is 88.3 Å². The summed E-state index contributed by atoms with van der Waals surface area (Å²) in [4.78, 5) is 6.45. The third-order valence-corrected chi connectivity index (χ3v) is 3.47. The summed E-state index contributed by atoms with van der Waals surface area (Å²) in [7, 11) is 0. The van der Waals surface area contributed by atoms with E-state index in [-0.39, 0.29) is 0 Å². The molecule has 15 heavy (non-hydrogen) atoms. The van der Waals surface area contributed by atoms with Crippen LogP contribution in [-0.4, -0.2) is 24.1 Å². The Morgan fingerprint density at radius 1 is 1.47 bits per heavy atom. The fourth-order valence-corrected chi connectivity index (χ4v) is 2.48. The average molecular weight is 200 g/mol. The number of rotatable bonds is 1. The highest BCUT2D eigenvalue weighted by atomic mass is 15.2. The first-order valence-electron chi connectivity index (χ1n) is 5.17. The van der Waals surface area contributed by atoms with E-state index < -0.39 is 0 Å². The number of aromatic nitrogens is 1. The van der Waals surface area contributed by atoms with E-state index in [2.05, 4.69) is 16.0 Å². The van der Waals surface area contributed by atoms with Crippen molar-refractivity contribution < 1.29 is 0 Å². The van der Waals surface area contributed by atoms with Crippen LogP contribution >= 0.6 is 0 Å². The first-order chi connectivity index (χ1) is 7.31. The summed E-state index contributed by atoms with van der Waals surface area (Å²) in [5.74, 6) is 2.07. The van der Waals surface area contributed by atoms with E-state index in [9.17, 15) is 0 Å². The lowest BCUT2D eigenvalue weighted by molar-refractivity contribution is 0.735. The zero-order valence-electron chi connectivity index (χ0n) is 8.30. The van der Waals surface area contributed by atoms with Gasteiger partial charge in [-0.25, -0.2) is 4.98 Å². The predicted molar refractivity (Wildman–Crippen MR) is 56.1 cm³/mol. The third-order valence-electron chi connectivity index (χ3n) is 3.47. The van der Waals surface area contributed by atoms with Crippen molar-refractivity contribution in [1.29, 1.82) is 5.26 Å². The molecule has 4 nitrogen and oxygen atoms in total. The van der Waals surface area contributed by atoms with Crippen LogP contribution in [-0.2, 0) is 0 Å². The Balaban J connectivity index is 1.86. The van der Waals surface area contributed by atoms with Crippen LogP contribution in [0.15, 0.2) is 18.3 Å². The predicted octanol–water partition coefficient (Wildman–Crippen LogP) is 0.347. The number of nitrogens with zero attached hydrogens (tertiary/aromatic N) is 3. The fraction of sp³-hybridized carbons (Fsp3) is 0.455. The van der Waals surface area contributed by atoms with Crippen LogP contribution in [0, 0.1) is 23.2 Å². The van der Waals surface area contributed by atoms with Crippen LogP contribution in [0.4, 0.5) is 5.82 Å². The van der Waals surface area contributed by atoms with E-state index in [0.29, 0.717) is 23.4 Å². The molecule has 1 aliphatic carbocycles. The number of piperidine rings is 1. The summed E-state index contributed by atoms with van der Waals surface area (Å²) in [6.07, 6.45) is 1.74. The molecule has 4 heteroatoms. The molecule has 1 saturated carbocycles. The topological polar surface area (TPSA) is 65.9 Å². The van der Waals surface area contributed by atoms with E-state index in [1.54, 1.807) is 12.3 Å². The highest BCUT2D eigenvalue weighted by Crippen LogP contribution is 2.45. The summed E-state index contributed by atoms with van der Waals surface area (Å²) in [6, 6.07) is 6.17. The second kappa shape index (κ2) is 2.94. The molecule has 3 rings (SSSR count). The molecule has 76 valence electrons. The van der Waals surface area contributed by atoms with Gasteiger partial charge in [-0.2, -0.15) is 5.26 Å². The van der Waals surface area contributed by atoms with Gasteiger partial charge in [-0.15, -0.1) is 0 Å². The number of hydrogen-bond donors (Lipinski definition) is 1. The van der Waals surface area contributed by atoms with E-state index in [1.165, 1.54) is 0 Å². The van der Waals surface area contributed by atoms with Gasteiger partial charge in [0.1, 0.15) is 11.9 Å².